The van der Waals surface area contributed by atoms with Gasteiger partial charge in [-0.25, -0.2) is 0 Å². The molecule has 1 saturated carbocycles. The summed E-state index contributed by atoms with van der Waals surface area (Å²) in [6.07, 6.45) is 9.42. The molecule has 3 N–H and O–H groups in total. The average Bonchev–Trinajstić information content (AvgIpc) is 2.89. The molecule has 3 aromatic rings. The molecule has 0 radical (unpaired) electrons. The molecule has 1 fully saturated rings. The van der Waals surface area contributed by atoms with Gasteiger partial charge in [-0.3, -0.25) is 9.78 Å². The summed E-state index contributed by atoms with van der Waals surface area (Å²) in [5.74, 6) is -0.158. The van der Waals surface area contributed by atoms with Crippen LogP contribution in [-0.4, -0.2) is 40.4 Å². The van der Waals surface area contributed by atoms with Crippen LogP contribution in [0.4, 0.5) is 0 Å². The predicted octanol–water partition coefficient (Wildman–Crippen LogP) is 4.95. The van der Waals surface area contributed by atoms with Crippen molar-refractivity contribution in [1.29, 1.82) is 0 Å². The van der Waals surface area contributed by atoms with E-state index in [9.17, 15) is 15.0 Å². The fourth-order valence-electron chi connectivity index (χ4n) is 4.54. The fourth-order valence-corrected chi connectivity index (χ4v) is 4.54. The molecule has 1 atom stereocenters. The van der Waals surface area contributed by atoms with Gasteiger partial charge in [-0.05, 0) is 67.5 Å². The lowest BCUT2D eigenvalue weighted by molar-refractivity contribution is -0.136. The minimum atomic E-state index is -0.850. The van der Waals surface area contributed by atoms with E-state index in [-0.39, 0.29) is 12.5 Å². The van der Waals surface area contributed by atoms with Crippen LogP contribution in [0.2, 0.25) is 0 Å². The van der Waals surface area contributed by atoms with Gasteiger partial charge in [0.05, 0.1) is 18.6 Å². The van der Waals surface area contributed by atoms with Crippen molar-refractivity contribution in [1.82, 2.24) is 10.3 Å². The maximum absolute atomic E-state index is 11.3. The van der Waals surface area contributed by atoms with E-state index in [1.165, 1.54) is 12.0 Å². The third kappa shape index (κ3) is 7.38. The van der Waals surface area contributed by atoms with Crippen LogP contribution in [0.25, 0.3) is 11.1 Å². The maximum atomic E-state index is 11.3. The number of pyridine rings is 1. The van der Waals surface area contributed by atoms with Gasteiger partial charge < -0.3 is 20.3 Å². The van der Waals surface area contributed by atoms with Gasteiger partial charge in [0.1, 0.15) is 5.75 Å². The highest BCUT2D eigenvalue weighted by Crippen LogP contribution is 2.31. The number of benzene rings is 2. The molecule has 1 heterocycles. The molecule has 0 spiro atoms. The summed E-state index contributed by atoms with van der Waals surface area (Å²) in [5.41, 5.74) is 4.84. The summed E-state index contributed by atoms with van der Waals surface area (Å²) in [6.45, 7) is 1.25. The van der Waals surface area contributed by atoms with E-state index in [0.29, 0.717) is 12.3 Å². The van der Waals surface area contributed by atoms with Crippen molar-refractivity contribution >= 4 is 5.97 Å². The summed E-state index contributed by atoms with van der Waals surface area (Å²) in [7, 11) is 0. The molecule has 0 amide bonds. The predicted molar refractivity (Wildman–Crippen MR) is 136 cm³/mol. The molecule has 0 bridgehead atoms. The number of carboxylic acid groups (broad SMARTS) is 1. The molecule has 4 rings (SSSR count). The quantitative estimate of drug-likeness (QED) is 0.341. The number of rotatable bonds is 11. The molecule has 6 nitrogen and oxygen atoms in total. The van der Waals surface area contributed by atoms with Crippen molar-refractivity contribution in [2.75, 3.05) is 13.1 Å². The fraction of sp³-hybridized carbons (Fsp3) is 0.379. The first-order valence-corrected chi connectivity index (χ1v) is 12.5. The summed E-state index contributed by atoms with van der Waals surface area (Å²) in [5, 5.41) is 22.8. The SMILES string of the molecule is O=C(O)Cc1ccc(-c2ccc(CCNC[C@H](O)c3cccnc3)cc2)cc1OC1CCCCC1. The summed E-state index contributed by atoms with van der Waals surface area (Å²) in [6, 6.07) is 18.0. The standard InChI is InChI=1S/C29H34N2O4/c32-27(25-5-4-15-30-19-25)20-31-16-14-21-8-10-22(11-9-21)23-12-13-24(18-29(33)34)28(17-23)35-26-6-2-1-3-7-26/h4-5,8-13,15,17,19,26-27,31-32H,1-3,6-7,14,16,18,20H2,(H,33,34)/t27-/m0/s1. The van der Waals surface area contributed by atoms with E-state index >= 15 is 0 Å². The number of aromatic nitrogens is 1. The molecule has 2 aromatic carbocycles. The van der Waals surface area contributed by atoms with E-state index < -0.39 is 12.1 Å². The molecule has 35 heavy (non-hydrogen) atoms. The van der Waals surface area contributed by atoms with Crippen LogP contribution in [0.1, 0.15) is 54.9 Å². The lowest BCUT2D eigenvalue weighted by atomic mass is 9.97. The second-order valence-electron chi connectivity index (χ2n) is 9.22. The molecule has 184 valence electrons. The van der Waals surface area contributed by atoms with E-state index in [1.807, 2.05) is 30.3 Å². The number of hydrogen-bond donors (Lipinski definition) is 3. The molecular formula is C29H34N2O4. The number of hydrogen-bond acceptors (Lipinski definition) is 5. The number of aliphatic hydroxyl groups is 1. The van der Waals surface area contributed by atoms with E-state index in [1.54, 1.807) is 12.4 Å². The van der Waals surface area contributed by atoms with Crippen molar-refractivity contribution < 1.29 is 19.7 Å². The van der Waals surface area contributed by atoms with Crippen LogP contribution in [0.15, 0.2) is 67.0 Å². The number of aliphatic hydroxyl groups excluding tert-OH is 1. The van der Waals surface area contributed by atoms with Gasteiger partial charge in [0.2, 0.25) is 0 Å². The molecule has 1 aliphatic carbocycles. The molecule has 6 heteroatoms. The molecule has 0 unspecified atom stereocenters. The minimum absolute atomic E-state index is 0.0379. The van der Waals surface area contributed by atoms with E-state index in [0.717, 1.165) is 60.9 Å². The van der Waals surface area contributed by atoms with Crippen molar-refractivity contribution in [2.45, 2.75) is 57.2 Å². The highest BCUT2D eigenvalue weighted by atomic mass is 16.5. The van der Waals surface area contributed by atoms with Gasteiger partial charge in [0, 0.05) is 30.1 Å². The lowest BCUT2D eigenvalue weighted by Gasteiger charge is -2.24. The van der Waals surface area contributed by atoms with Gasteiger partial charge in [-0.15, -0.1) is 0 Å². The van der Waals surface area contributed by atoms with Crippen molar-refractivity contribution in [2.24, 2.45) is 0 Å². The van der Waals surface area contributed by atoms with Gasteiger partial charge in [-0.1, -0.05) is 48.9 Å². The summed E-state index contributed by atoms with van der Waals surface area (Å²) >= 11 is 0. The third-order valence-corrected chi connectivity index (χ3v) is 6.54. The Kier molecular flexibility index (Phi) is 8.87. The molecular weight excluding hydrogens is 440 g/mol. The Balaban J connectivity index is 1.35. The smallest absolute Gasteiger partial charge is 0.307 e. The lowest BCUT2D eigenvalue weighted by Crippen LogP contribution is -2.23. The Bertz CT molecular complexity index is 1080. The highest BCUT2D eigenvalue weighted by Gasteiger charge is 2.18. The largest absolute Gasteiger partial charge is 0.490 e. The van der Waals surface area contributed by atoms with Crippen LogP contribution in [0.3, 0.4) is 0 Å². The van der Waals surface area contributed by atoms with Crippen LogP contribution in [0.5, 0.6) is 5.75 Å². The second kappa shape index (κ2) is 12.5. The van der Waals surface area contributed by atoms with Gasteiger partial charge in [-0.2, -0.15) is 0 Å². The Morgan fingerprint density at radius 3 is 2.54 bits per heavy atom. The molecule has 0 saturated heterocycles. The number of ether oxygens (including phenoxy) is 1. The Labute approximate surface area is 207 Å². The Hall–Kier alpha value is -3.22. The first kappa shape index (κ1) is 24.9. The van der Waals surface area contributed by atoms with Gasteiger partial charge in [0.15, 0.2) is 0 Å². The van der Waals surface area contributed by atoms with Crippen molar-refractivity contribution in [3.8, 4) is 16.9 Å². The topological polar surface area (TPSA) is 91.7 Å². The Morgan fingerprint density at radius 1 is 1.06 bits per heavy atom. The minimum Gasteiger partial charge on any atom is -0.490 e. The zero-order valence-corrected chi connectivity index (χ0v) is 20.0. The normalized spacial score (nSPS) is 15.0. The molecule has 1 aromatic heterocycles. The van der Waals surface area contributed by atoms with Crippen LogP contribution >= 0.6 is 0 Å². The number of aliphatic carboxylic acids is 1. The van der Waals surface area contributed by atoms with Crippen LogP contribution in [0, 0.1) is 0 Å². The number of nitrogens with one attached hydrogen (secondary N) is 1. The number of nitrogens with zero attached hydrogens (tertiary/aromatic N) is 1. The highest BCUT2D eigenvalue weighted by molar-refractivity contribution is 5.73. The zero-order chi connectivity index (χ0) is 24.5. The van der Waals surface area contributed by atoms with E-state index in [4.69, 9.17) is 4.74 Å². The maximum Gasteiger partial charge on any atom is 0.307 e. The molecule has 1 aliphatic rings. The average molecular weight is 475 g/mol. The zero-order valence-electron chi connectivity index (χ0n) is 20.0. The first-order chi connectivity index (χ1) is 17.1. The van der Waals surface area contributed by atoms with E-state index in [2.05, 4.69) is 34.6 Å². The molecule has 0 aliphatic heterocycles. The first-order valence-electron chi connectivity index (χ1n) is 12.5. The van der Waals surface area contributed by atoms with Gasteiger partial charge >= 0.3 is 5.97 Å². The van der Waals surface area contributed by atoms with Crippen LogP contribution < -0.4 is 10.1 Å². The van der Waals surface area contributed by atoms with Gasteiger partial charge in [0.25, 0.3) is 0 Å². The summed E-state index contributed by atoms with van der Waals surface area (Å²) in [4.78, 5) is 15.4. The summed E-state index contributed by atoms with van der Waals surface area (Å²) < 4.78 is 6.29. The Morgan fingerprint density at radius 2 is 1.83 bits per heavy atom. The number of carboxylic acids is 1. The van der Waals surface area contributed by atoms with Crippen LogP contribution in [-0.2, 0) is 17.6 Å². The van der Waals surface area contributed by atoms with Crippen molar-refractivity contribution in [3.05, 3.63) is 83.7 Å². The second-order valence-corrected chi connectivity index (χ2v) is 9.22. The van der Waals surface area contributed by atoms with Crippen molar-refractivity contribution in [3.63, 3.8) is 0 Å². The monoisotopic (exact) mass is 474 g/mol. The number of carbonyl (C=O) groups is 1. The third-order valence-electron chi connectivity index (χ3n) is 6.54.